The van der Waals surface area contributed by atoms with E-state index in [9.17, 15) is 9.18 Å². The lowest BCUT2D eigenvalue weighted by atomic mass is 10.5. The van der Waals surface area contributed by atoms with E-state index in [1.807, 2.05) is 22.6 Å². The molecule has 2 nitrogen and oxygen atoms in total. The topological polar surface area (TPSA) is 22.0 Å². The Morgan fingerprint density at radius 1 is 1.64 bits per heavy atom. The third-order valence-electron chi connectivity index (χ3n) is 1.30. The van der Waals surface area contributed by atoms with Gasteiger partial charge in [0.2, 0.25) is 0 Å². The number of aromatic nitrogens is 1. The smallest absolute Gasteiger partial charge is 0.264 e. The fraction of sp³-hybridized carbons (Fsp3) is 0.286. The van der Waals surface area contributed by atoms with Gasteiger partial charge in [-0.15, -0.1) is 0 Å². The second kappa shape index (κ2) is 3.85. The Bertz CT molecular complexity index is 297. The molecule has 0 unspecified atom stereocenters. The van der Waals surface area contributed by atoms with Crippen LogP contribution in [0.2, 0.25) is 0 Å². The van der Waals surface area contributed by atoms with Crippen LogP contribution in [-0.4, -0.2) is 11.2 Å². The normalized spacial score (nSPS) is 10.0. The van der Waals surface area contributed by atoms with E-state index in [-0.39, 0.29) is 12.1 Å². The quantitative estimate of drug-likeness (QED) is 0.743. The van der Waals surface area contributed by atoms with Crippen LogP contribution < -0.4 is 5.56 Å². The second-order valence-electron chi connectivity index (χ2n) is 2.04. The molecule has 0 spiro atoms. The van der Waals surface area contributed by atoms with Crippen molar-refractivity contribution in [3.63, 3.8) is 0 Å². The minimum Gasteiger partial charge on any atom is -0.312 e. The SMILES string of the molecule is O=c1c(I)cccn1CCF. The van der Waals surface area contributed by atoms with E-state index in [2.05, 4.69) is 0 Å². The number of alkyl halides is 1. The molecule has 60 valence electrons. The molecule has 1 heterocycles. The molecule has 0 saturated carbocycles. The lowest BCUT2D eigenvalue weighted by Gasteiger charge is -2.00. The molecular weight excluding hydrogens is 260 g/mol. The van der Waals surface area contributed by atoms with Crippen LogP contribution >= 0.6 is 22.6 Å². The first-order valence-corrected chi connectivity index (χ1v) is 4.24. The van der Waals surface area contributed by atoms with Crippen LogP contribution in [0.5, 0.6) is 0 Å². The highest BCUT2D eigenvalue weighted by Gasteiger charge is 1.97. The highest BCUT2D eigenvalue weighted by atomic mass is 127. The van der Waals surface area contributed by atoms with Crippen molar-refractivity contribution in [2.45, 2.75) is 6.54 Å². The first-order chi connectivity index (χ1) is 5.25. The van der Waals surface area contributed by atoms with Gasteiger partial charge in [0.1, 0.15) is 6.67 Å². The van der Waals surface area contributed by atoms with E-state index in [0.717, 1.165) is 0 Å². The standard InChI is InChI=1S/C7H7FINO/c8-3-5-10-4-1-2-6(9)7(10)11/h1-2,4H,3,5H2. The highest BCUT2D eigenvalue weighted by molar-refractivity contribution is 14.1. The molecule has 0 aliphatic rings. The van der Waals surface area contributed by atoms with Gasteiger partial charge in [-0.25, -0.2) is 4.39 Å². The molecule has 1 aromatic heterocycles. The summed E-state index contributed by atoms with van der Waals surface area (Å²) in [6.45, 7) is -0.352. The minimum absolute atomic E-state index is 0.120. The molecule has 0 atom stereocenters. The third kappa shape index (κ3) is 2.02. The summed E-state index contributed by atoms with van der Waals surface area (Å²) < 4.78 is 13.8. The van der Waals surface area contributed by atoms with Crippen LogP contribution in [0.15, 0.2) is 23.1 Å². The predicted octanol–water partition coefficient (Wildman–Crippen LogP) is 1.42. The number of nitrogens with zero attached hydrogens (tertiary/aromatic N) is 1. The van der Waals surface area contributed by atoms with Gasteiger partial charge in [0.15, 0.2) is 0 Å². The molecule has 11 heavy (non-hydrogen) atoms. The summed E-state index contributed by atoms with van der Waals surface area (Å²) >= 11 is 1.93. The Labute approximate surface area is 77.2 Å². The van der Waals surface area contributed by atoms with Crippen LogP contribution in [0.1, 0.15) is 0 Å². The van der Waals surface area contributed by atoms with Crippen LogP contribution in [0.4, 0.5) is 4.39 Å². The molecule has 0 radical (unpaired) electrons. The van der Waals surface area contributed by atoms with Crippen molar-refractivity contribution in [3.8, 4) is 0 Å². The Kier molecular flexibility index (Phi) is 3.04. The molecule has 1 aromatic rings. The van der Waals surface area contributed by atoms with E-state index in [0.29, 0.717) is 3.57 Å². The molecule has 0 fully saturated rings. The minimum atomic E-state index is -0.500. The number of halogens is 2. The Morgan fingerprint density at radius 2 is 2.36 bits per heavy atom. The first-order valence-electron chi connectivity index (χ1n) is 3.16. The molecule has 0 saturated heterocycles. The number of hydrogen-bond donors (Lipinski definition) is 0. The van der Waals surface area contributed by atoms with Gasteiger partial charge in [-0.2, -0.15) is 0 Å². The van der Waals surface area contributed by atoms with E-state index in [1.54, 1.807) is 18.3 Å². The maximum absolute atomic E-state index is 11.8. The van der Waals surface area contributed by atoms with Gasteiger partial charge in [-0.05, 0) is 34.7 Å². The fourth-order valence-electron chi connectivity index (χ4n) is 0.775. The van der Waals surface area contributed by atoms with E-state index < -0.39 is 6.67 Å². The maximum atomic E-state index is 11.8. The van der Waals surface area contributed by atoms with Crippen molar-refractivity contribution in [2.75, 3.05) is 6.67 Å². The average Bonchev–Trinajstić information content (AvgIpc) is 1.99. The summed E-state index contributed by atoms with van der Waals surface area (Å²) in [5.41, 5.74) is -0.120. The van der Waals surface area contributed by atoms with Crippen molar-refractivity contribution < 1.29 is 4.39 Å². The number of hydrogen-bond acceptors (Lipinski definition) is 1. The van der Waals surface area contributed by atoms with E-state index in [1.165, 1.54) is 4.57 Å². The Morgan fingerprint density at radius 3 is 3.00 bits per heavy atom. The Balaban J connectivity index is 3.07. The molecule has 0 N–H and O–H groups in total. The van der Waals surface area contributed by atoms with Gasteiger partial charge < -0.3 is 4.57 Å². The van der Waals surface area contributed by atoms with Crippen LogP contribution in [0, 0.1) is 3.57 Å². The third-order valence-corrected chi connectivity index (χ3v) is 2.12. The molecule has 0 aliphatic carbocycles. The van der Waals surface area contributed by atoms with E-state index >= 15 is 0 Å². The van der Waals surface area contributed by atoms with Gasteiger partial charge in [0.05, 0.1) is 10.1 Å². The lowest BCUT2D eigenvalue weighted by Crippen LogP contribution is -2.21. The highest BCUT2D eigenvalue weighted by Crippen LogP contribution is 1.95. The molecule has 0 amide bonds. The van der Waals surface area contributed by atoms with Gasteiger partial charge >= 0.3 is 0 Å². The zero-order valence-electron chi connectivity index (χ0n) is 5.76. The van der Waals surface area contributed by atoms with Gasteiger partial charge in [-0.3, -0.25) is 4.79 Å². The zero-order valence-corrected chi connectivity index (χ0v) is 7.92. The van der Waals surface area contributed by atoms with Crippen molar-refractivity contribution in [1.29, 1.82) is 0 Å². The molecule has 4 heteroatoms. The first kappa shape index (κ1) is 8.70. The fourth-order valence-corrected chi connectivity index (χ4v) is 1.29. The summed E-state index contributed by atoms with van der Waals surface area (Å²) in [6.07, 6.45) is 1.59. The van der Waals surface area contributed by atoms with Crippen molar-refractivity contribution >= 4 is 22.6 Å². The lowest BCUT2D eigenvalue weighted by molar-refractivity contribution is 0.440. The van der Waals surface area contributed by atoms with Crippen molar-refractivity contribution in [3.05, 3.63) is 32.3 Å². The summed E-state index contributed by atoms with van der Waals surface area (Å²) in [5, 5.41) is 0. The van der Waals surface area contributed by atoms with Crippen LogP contribution in [-0.2, 0) is 6.54 Å². The van der Waals surface area contributed by atoms with Crippen molar-refractivity contribution in [1.82, 2.24) is 4.57 Å². The van der Waals surface area contributed by atoms with Gasteiger partial charge in [0, 0.05) is 6.20 Å². The zero-order chi connectivity index (χ0) is 8.27. The predicted molar refractivity (Wildman–Crippen MR) is 49.4 cm³/mol. The molecular formula is C7H7FINO. The monoisotopic (exact) mass is 267 g/mol. The van der Waals surface area contributed by atoms with Crippen molar-refractivity contribution in [2.24, 2.45) is 0 Å². The molecule has 1 rings (SSSR count). The summed E-state index contributed by atoms with van der Waals surface area (Å²) in [6, 6.07) is 3.44. The maximum Gasteiger partial charge on any atom is 0.264 e. The van der Waals surface area contributed by atoms with Gasteiger partial charge in [-0.1, -0.05) is 0 Å². The summed E-state index contributed by atoms with van der Waals surface area (Å²) in [7, 11) is 0. The molecule has 0 aliphatic heterocycles. The second-order valence-corrected chi connectivity index (χ2v) is 3.21. The molecule has 0 aromatic carbocycles. The number of aryl methyl sites for hydroxylation is 1. The largest absolute Gasteiger partial charge is 0.312 e. The van der Waals surface area contributed by atoms with Crippen LogP contribution in [0.25, 0.3) is 0 Å². The van der Waals surface area contributed by atoms with Gasteiger partial charge in [0.25, 0.3) is 5.56 Å². The summed E-state index contributed by atoms with van der Waals surface area (Å²) in [4.78, 5) is 11.1. The van der Waals surface area contributed by atoms with E-state index in [4.69, 9.17) is 0 Å². The number of rotatable bonds is 2. The molecule has 0 bridgehead atoms. The summed E-state index contributed by atoms with van der Waals surface area (Å²) in [5.74, 6) is 0. The average molecular weight is 267 g/mol. The van der Waals surface area contributed by atoms with Crippen LogP contribution in [0.3, 0.4) is 0 Å². The Hall–Kier alpha value is -0.390. The number of pyridine rings is 1.